The molecule has 7 heteroatoms. The summed E-state index contributed by atoms with van der Waals surface area (Å²) in [6.45, 7) is 6.80. The molecule has 1 heterocycles. The van der Waals surface area contributed by atoms with E-state index >= 15 is 0 Å². The zero-order valence-corrected chi connectivity index (χ0v) is 20.3. The second-order valence-corrected chi connectivity index (χ2v) is 10.9. The first-order valence-electron chi connectivity index (χ1n) is 9.04. The maximum atomic E-state index is 13.0. The van der Waals surface area contributed by atoms with E-state index in [9.17, 15) is 10.1 Å². The molecule has 1 aliphatic rings. The Labute approximate surface area is 186 Å². The van der Waals surface area contributed by atoms with Crippen LogP contribution < -0.4 is 10.1 Å². The number of methoxy groups -OCH3 is 1. The average Bonchev–Trinajstić information content (AvgIpc) is 2.96. The van der Waals surface area contributed by atoms with E-state index in [0.717, 1.165) is 29.3 Å². The highest BCUT2D eigenvalue weighted by molar-refractivity contribution is 9.11. The predicted octanol–water partition coefficient (Wildman–Crippen LogP) is 6.56. The Balaban J connectivity index is 1.94. The number of ether oxygens (including phenoxy) is 1. The van der Waals surface area contributed by atoms with Crippen molar-refractivity contribution in [1.29, 1.82) is 5.26 Å². The van der Waals surface area contributed by atoms with E-state index in [1.165, 1.54) is 23.3 Å². The second-order valence-electron chi connectivity index (χ2n) is 8.05. The lowest BCUT2D eigenvalue weighted by atomic mass is 9.72. The summed E-state index contributed by atoms with van der Waals surface area (Å²) in [5.41, 5.74) is 2.35. The third kappa shape index (κ3) is 4.14. The van der Waals surface area contributed by atoms with Crippen LogP contribution >= 0.6 is 43.2 Å². The van der Waals surface area contributed by atoms with Crippen molar-refractivity contribution in [3.63, 3.8) is 0 Å². The van der Waals surface area contributed by atoms with Gasteiger partial charge in [0.1, 0.15) is 16.8 Å². The van der Waals surface area contributed by atoms with Crippen molar-refractivity contribution >= 4 is 54.1 Å². The number of carbonyl (C=O) groups is 1. The molecule has 4 nitrogen and oxygen atoms in total. The molecule has 1 N–H and O–H groups in total. The number of benzene rings is 1. The Morgan fingerprint density at radius 3 is 2.68 bits per heavy atom. The topological polar surface area (TPSA) is 62.1 Å². The minimum absolute atomic E-state index is 0.230. The highest BCUT2D eigenvalue weighted by Crippen LogP contribution is 2.44. The third-order valence-electron chi connectivity index (χ3n) is 5.29. The van der Waals surface area contributed by atoms with Crippen molar-refractivity contribution in [2.45, 2.75) is 40.0 Å². The van der Waals surface area contributed by atoms with Crippen molar-refractivity contribution in [3.8, 4) is 11.8 Å². The van der Waals surface area contributed by atoms with Gasteiger partial charge >= 0.3 is 0 Å². The second kappa shape index (κ2) is 8.17. The van der Waals surface area contributed by atoms with Crippen LogP contribution in [0.4, 0.5) is 5.00 Å². The van der Waals surface area contributed by atoms with Crippen molar-refractivity contribution in [2.24, 2.45) is 11.3 Å². The number of halogens is 2. The van der Waals surface area contributed by atoms with Crippen molar-refractivity contribution < 1.29 is 9.53 Å². The molecule has 3 rings (SSSR count). The molecular weight excluding hydrogens is 504 g/mol. The van der Waals surface area contributed by atoms with Crippen molar-refractivity contribution in [2.75, 3.05) is 12.4 Å². The third-order valence-corrected chi connectivity index (χ3v) is 7.50. The number of nitrogens with one attached hydrogen (secondary N) is 1. The molecule has 1 aliphatic carbocycles. The summed E-state index contributed by atoms with van der Waals surface area (Å²) >= 11 is 8.37. The molecule has 0 saturated heterocycles. The zero-order chi connectivity index (χ0) is 20.6. The molecule has 0 unspecified atom stereocenters. The Hall–Kier alpha value is -1.36. The van der Waals surface area contributed by atoms with E-state index in [2.05, 4.69) is 64.0 Å². The van der Waals surface area contributed by atoms with Crippen LogP contribution in [0.5, 0.6) is 5.75 Å². The molecule has 1 amide bonds. The first-order valence-corrected chi connectivity index (χ1v) is 11.4. The van der Waals surface area contributed by atoms with Crippen LogP contribution in [0.25, 0.3) is 0 Å². The van der Waals surface area contributed by atoms with Gasteiger partial charge in [-0.05, 0) is 64.2 Å². The molecule has 1 atom stereocenters. The van der Waals surface area contributed by atoms with Gasteiger partial charge in [-0.25, -0.2) is 0 Å². The number of thiophene rings is 1. The number of rotatable bonds is 3. The van der Waals surface area contributed by atoms with Gasteiger partial charge in [0, 0.05) is 9.35 Å². The monoisotopic (exact) mass is 524 g/mol. The largest absolute Gasteiger partial charge is 0.495 e. The van der Waals surface area contributed by atoms with Gasteiger partial charge < -0.3 is 10.1 Å². The van der Waals surface area contributed by atoms with Crippen LogP contribution in [0.1, 0.15) is 53.6 Å². The van der Waals surface area contributed by atoms with Gasteiger partial charge in [-0.3, -0.25) is 4.79 Å². The number of fused-ring (bicyclic) bond motifs is 1. The van der Waals surface area contributed by atoms with E-state index in [-0.39, 0.29) is 11.3 Å². The Kier molecular flexibility index (Phi) is 6.23. The molecule has 28 heavy (non-hydrogen) atoms. The van der Waals surface area contributed by atoms with Crippen LogP contribution in [0, 0.1) is 22.7 Å². The number of anilines is 1. The highest BCUT2D eigenvalue weighted by atomic mass is 79.9. The normalized spacial score (nSPS) is 16.2. The minimum atomic E-state index is -0.290. The summed E-state index contributed by atoms with van der Waals surface area (Å²) in [6, 6.07) is 5.85. The van der Waals surface area contributed by atoms with Crippen LogP contribution in [-0.4, -0.2) is 13.0 Å². The van der Waals surface area contributed by atoms with Gasteiger partial charge in [0.2, 0.25) is 0 Å². The number of nitrogens with zero attached hydrogens (tertiary/aromatic N) is 1. The maximum absolute atomic E-state index is 13.0. The van der Waals surface area contributed by atoms with Gasteiger partial charge in [-0.1, -0.05) is 36.7 Å². The van der Waals surface area contributed by atoms with Gasteiger partial charge in [-0.15, -0.1) is 11.3 Å². The molecule has 0 fully saturated rings. The summed E-state index contributed by atoms with van der Waals surface area (Å²) in [5.74, 6) is 0.754. The molecule has 1 aromatic carbocycles. The Morgan fingerprint density at radius 2 is 2.07 bits per heavy atom. The SMILES string of the molecule is COc1c(Br)cc(Br)cc1C(=O)Nc1sc2c(c1C#N)CC[C@H](C(C)(C)C)C2. The van der Waals surface area contributed by atoms with E-state index in [1.54, 1.807) is 6.07 Å². The first-order chi connectivity index (χ1) is 13.2. The number of amides is 1. The highest BCUT2D eigenvalue weighted by Gasteiger charge is 2.32. The smallest absolute Gasteiger partial charge is 0.260 e. The molecule has 0 radical (unpaired) electrons. The first kappa shape index (κ1) is 21.4. The number of hydrogen-bond donors (Lipinski definition) is 1. The van der Waals surface area contributed by atoms with Crippen molar-refractivity contribution in [3.05, 3.63) is 42.6 Å². The molecule has 2 aromatic rings. The van der Waals surface area contributed by atoms with Crippen molar-refractivity contribution in [1.82, 2.24) is 0 Å². The van der Waals surface area contributed by atoms with E-state index < -0.39 is 0 Å². The van der Waals surface area contributed by atoms with Crippen LogP contribution in [0.15, 0.2) is 21.1 Å². The molecule has 0 bridgehead atoms. The fourth-order valence-electron chi connectivity index (χ4n) is 3.64. The maximum Gasteiger partial charge on any atom is 0.260 e. The van der Waals surface area contributed by atoms with Gasteiger partial charge in [-0.2, -0.15) is 5.26 Å². The standard InChI is InChI=1S/C21H22Br2N2O2S/c1-21(2,3)11-5-6-13-15(10-24)20(28-17(13)7-11)25-19(26)14-8-12(22)9-16(23)18(14)27-4/h8-9,11H,5-7H2,1-4H3,(H,25,26)/t11-/m0/s1. The van der Waals surface area contributed by atoms with Gasteiger partial charge in [0.05, 0.1) is 22.7 Å². The van der Waals surface area contributed by atoms with Crippen LogP contribution in [0.3, 0.4) is 0 Å². The van der Waals surface area contributed by atoms with Gasteiger partial charge in [0.15, 0.2) is 0 Å². The molecular formula is C21H22Br2N2O2S. The fourth-order valence-corrected chi connectivity index (χ4v) is 6.30. The number of nitriles is 1. The lowest BCUT2D eigenvalue weighted by Gasteiger charge is -2.33. The molecule has 0 saturated carbocycles. The summed E-state index contributed by atoms with van der Waals surface area (Å²) in [5, 5.41) is 13.3. The number of hydrogen-bond acceptors (Lipinski definition) is 4. The quantitative estimate of drug-likeness (QED) is 0.493. The van der Waals surface area contributed by atoms with Crippen LogP contribution in [0.2, 0.25) is 0 Å². The van der Waals surface area contributed by atoms with E-state index in [1.807, 2.05) is 6.07 Å². The Morgan fingerprint density at radius 1 is 1.36 bits per heavy atom. The van der Waals surface area contributed by atoms with Crippen LogP contribution in [-0.2, 0) is 12.8 Å². The molecule has 1 aromatic heterocycles. The molecule has 0 spiro atoms. The van der Waals surface area contributed by atoms with Gasteiger partial charge in [0.25, 0.3) is 5.91 Å². The summed E-state index contributed by atoms with van der Waals surface area (Å²) in [6.07, 6.45) is 2.92. The average molecular weight is 526 g/mol. The lowest BCUT2D eigenvalue weighted by Crippen LogP contribution is -2.26. The summed E-state index contributed by atoms with van der Waals surface area (Å²) in [7, 11) is 1.53. The minimum Gasteiger partial charge on any atom is -0.495 e. The van der Waals surface area contributed by atoms with E-state index in [4.69, 9.17) is 4.74 Å². The zero-order valence-electron chi connectivity index (χ0n) is 16.3. The molecule has 0 aliphatic heterocycles. The van der Waals surface area contributed by atoms with E-state index in [0.29, 0.717) is 32.3 Å². The number of carbonyl (C=O) groups excluding carboxylic acids is 1. The summed E-state index contributed by atoms with van der Waals surface area (Å²) < 4.78 is 6.85. The molecule has 148 valence electrons. The predicted molar refractivity (Wildman–Crippen MR) is 120 cm³/mol. The Bertz CT molecular complexity index is 970. The summed E-state index contributed by atoms with van der Waals surface area (Å²) in [4.78, 5) is 14.2. The lowest BCUT2D eigenvalue weighted by molar-refractivity contribution is 0.102. The fraction of sp³-hybridized carbons (Fsp3) is 0.429.